The number of benzene rings is 2. The molecule has 0 saturated carbocycles. The van der Waals surface area contributed by atoms with Crippen LogP contribution in [0, 0.1) is 0 Å². The van der Waals surface area contributed by atoms with E-state index in [0.717, 1.165) is 55.3 Å². The van der Waals surface area contributed by atoms with Crippen LogP contribution in [-0.2, 0) is 24.4 Å². The number of hydrogen-bond acceptors (Lipinski definition) is 5. The fraction of sp³-hybridized carbons (Fsp3) is 0.333. The summed E-state index contributed by atoms with van der Waals surface area (Å²) in [5, 5.41) is 0. The first-order valence-electron chi connectivity index (χ1n) is 10.6. The molecule has 154 valence electrons. The number of aliphatic imine (C=N–C) groups is 1. The molecule has 0 spiro atoms. The molecule has 0 aromatic heterocycles. The molecule has 0 fully saturated rings. The van der Waals surface area contributed by atoms with Crippen molar-refractivity contribution in [3.63, 3.8) is 0 Å². The predicted octanol–water partition coefficient (Wildman–Crippen LogP) is 2.32. The molecule has 30 heavy (non-hydrogen) atoms. The maximum absolute atomic E-state index is 13.5. The standard InChI is InChI=1S/C24H27N5O/c25-14-18-6-8-20(9-7-18)16-29-23(30)21-17-27(15-19-4-2-1-3-5-19)12-10-22(21)28-13-11-26-24(28)29/h1-9H,10-17,25H2. The van der Waals surface area contributed by atoms with Crippen LogP contribution in [0.3, 0.4) is 0 Å². The van der Waals surface area contributed by atoms with E-state index < -0.39 is 0 Å². The Labute approximate surface area is 177 Å². The molecule has 3 aliphatic rings. The van der Waals surface area contributed by atoms with E-state index in [1.165, 1.54) is 11.3 Å². The van der Waals surface area contributed by atoms with Gasteiger partial charge in [-0.1, -0.05) is 54.6 Å². The first-order chi connectivity index (χ1) is 14.7. The van der Waals surface area contributed by atoms with Gasteiger partial charge in [0.1, 0.15) is 0 Å². The highest BCUT2D eigenvalue weighted by Crippen LogP contribution is 2.32. The fourth-order valence-electron chi connectivity index (χ4n) is 4.56. The Morgan fingerprint density at radius 1 is 0.900 bits per heavy atom. The van der Waals surface area contributed by atoms with Gasteiger partial charge in [0.25, 0.3) is 5.91 Å². The quantitative estimate of drug-likeness (QED) is 0.835. The van der Waals surface area contributed by atoms with Crippen LogP contribution in [0.15, 0.2) is 70.9 Å². The zero-order valence-corrected chi connectivity index (χ0v) is 17.1. The molecular weight excluding hydrogens is 374 g/mol. The van der Waals surface area contributed by atoms with E-state index in [2.05, 4.69) is 51.2 Å². The van der Waals surface area contributed by atoms with Crippen LogP contribution < -0.4 is 5.73 Å². The highest BCUT2D eigenvalue weighted by molar-refractivity contribution is 6.09. The maximum atomic E-state index is 13.5. The third-order valence-corrected chi connectivity index (χ3v) is 6.13. The predicted molar refractivity (Wildman–Crippen MR) is 117 cm³/mol. The minimum absolute atomic E-state index is 0.0996. The summed E-state index contributed by atoms with van der Waals surface area (Å²) in [6, 6.07) is 18.7. The van der Waals surface area contributed by atoms with E-state index in [0.29, 0.717) is 19.6 Å². The summed E-state index contributed by atoms with van der Waals surface area (Å²) in [6.45, 7) is 5.19. The lowest BCUT2D eigenvalue weighted by atomic mass is 10.00. The van der Waals surface area contributed by atoms with Crippen molar-refractivity contribution >= 4 is 11.9 Å². The van der Waals surface area contributed by atoms with Crippen LogP contribution >= 0.6 is 0 Å². The van der Waals surface area contributed by atoms with Crippen molar-refractivity contribution in [3.8, 4) is 0 Å². The summed E-state index contributed by atoms with van der Waals surface area (Å²) < 4.78 is 0. The summed E-state index contributed by atoms with van der Waals surface area (Å²) in [5.41, 5.74) is 11.3. The number of hydrogen-bond donors (Lipinski definition) is 1. The Hall–Kier alpha value is -2.96. The Balaban J connectivity index is 1.39. The smallest absolute Gasteiger partial charge is 0.259 e. The highest BCUT2D eigenvalue weighted by Gasteiger charge is 2.40. The van der Waals surface area contributed by atoms with Crippen LogP contribution in [0.25, 0.3) is 0 Å². The first-order valence-corrected chi connectivity index (χ1v) is 10.6. The summed E-state index contributed by atoms with van der Waals surface area (Å²) in [4.78, 5) is 24.7. The zero-order valence-electron chi connectivity index (χ0n) is 17.1. The van der Waals surface area contributed by atoms with Crippen LogP contribution in [0.2, 0.25) is 0 Å². The molecule has 0 atom stereocenters. The molecule has 0 saturated heterocycles. The number of nitrogens with two attached hydrogens (primary N) is 1. The van der Waals surface area contributed by atoms with Gasteiger partial charge in [-0.05, 0) is 16.7 Å². The van der Waals surface area contributed by atoms with E-state index in [1.807, 2.05) is 23.1 Å². The van der Waals surface area contributed by atoms with E-state index in [9.17, 15) is 4.79 Å². The van der Waals surface area contributed by atoms with Crippen molar-refractivity contribution in [1.82, 2.24) is 14.7 Å². The van der Waals surface area contributed by atoms with Gasteiger partial charge in [0.15, 0.2) is 0 Å². The number of amides is 1. The molecule has 6 heteroatoms. The molecule has 0 unspecified atom stereocenters. The monoisotopic (exact) mass is 401 g/mol. The van der Waals surface area contributed by atoms with Gasteiger partial charge in [0.05, 0.1) is 18.7 Å². The Kier molecular flexibility index (Phi) is 5.11. The number of fused-ring (bicyclic) bond motifs is 2. The summed E-state index contributed by atoms with van der Waals surface area (Å²) in [5.74, 6) is 0.917. The highest BCUT2D eigenvalue weighted by atomic mass is 16.2. The number of carbonyl (C=O) groups excluding carboxylic acids is 1. The largest absolute Gasteiger partial charge is 0.326 e. The van der Waals surface area contributed by atoms with Gasteiger partial charge in [0, 0.05) is 44.8 Å². The summed E-state index contributed by atoms with van der Waals surface area (Å²) >= 11 is 0. The topological polar surface area (TPSA) is 65.2 Å². The fourth-order valence-corrected chi connectivity index (χ4v) is 4.56. The lowest BCUT2D eigenvalue weighted by Crippen LogP contribution is -2.53. The zero-order chi connectivity index (χ0) is 20.5. The van der Waals surface area contributed by atoms with E-state index >= 15 is 0 Å². The van der Waals surface area contributed by atoms with Crippen molar-refractivity contribution in [1.29, 1.82) is 0 Å². The SMILES string of the molecule is NCc1ccc(CN2C(=O)C3=C(CCN(Cc4ccccc4)C3)N3CCN=C23)cc1. The molecule has 2 aromatic rings. The second-order valence-corrected chi connectivity index (χ2v) is 8.12. The van der Waals surface area contributed by atoms with E-state index in [1.54, 1.807) is 0 Å². The minimum atomic E-state index is 0.0996. The molecule has 0 bridgehead atoms. The average molecular weight is 402 g/mol. The molecule has 3 aliphatic heterocycles. The number of nitrogens with zero attached hydrogens (tertiary/aromatic N) is 4. The summed E-state index contributed by atoms with van der Waals surface area (Å²) in [6.07, 6.45) is 0.895. The molecule has 5 rings (SSSR count). The Morgan fingerprint density at radius 3 is 2.40 bits per heavy atom. The van der Waals surface area contributed by atoms with Crippen LogP contribution in [0.5, 0.6) is 0 Å². The van der Waals surface area contributed by atoms with Gasteiger partial charge in [-0.2, -0.15) is 0 Å². The Morgan fingerprint density at radius 2 is 1.63 bits per heavy atom. The molecule has 6 nitrogen and oxygen atoms in total. The third-order valence-electron chi connectivity index (χ3n) is 6.13. The van der Waals surface area contributed by atoms with Gasteiger partial charge in [-0.25, -0.2) is 0 Å². The van der Waals surface area contributed by atoms with Crippen molar-refractivity contribution in [2.24, 2.45) is 10.7 Å². The van der Waals surface area contributed by atoms with E-state index in [-0.39, 0.29) is 5.91 Å². The van der Waals surface area contributed by atoms with Crippen molar-refractivity contribution in [2.45, 2.75) is 26.1 Å². The molecule has 2 N–H and O–H groups in total. The van der Waals surface area contributed by atoms with Gasteiger partial charge in [-0.15, -0.1) is 0 Å². The average Bonchev–Trinajstić information content (AvgIpc) is 3.28. The van der Waals surface area contributed by atoms with Gasteiger partial charge < -0.3 is 10.6 Å². The minimum Gasteiger partial charge on any atom is -0.326 e. The normalized spacial score (nSPS) is 19.1. The number of rotatable bonds is 5. The van der Waals surface area contributed by atoms with Crippen molar-refractivity contribution in [2.75, 3.05) is 26.2 Å². The lowest BCUT2D eigenvalue weighted by Gasteiger charge is -2.42. The number of guanidine groups is 1. The second kappa shape index (κ2) is 8.05. The lowest BCUT2D eigenvalue weighted by molar-refractivity contribution is -0.125. The van der Waals surface area contributed by atoms with Gasteiger partial charge >= 0.3 is 0 Å². The van der Waals surface area contributed by atoms with Crippen molar-refractivity contribution < 1.29 is 4.79 Å². The van der Waals surface area contributed by atoms with Gasteiger partial charge in [0.2, 0.25) is 5.96 Å². The Bertz CT molecular complexity index is 996. The second-order valence-electron chi connectivity index (χ2n) is 8.12. The molecular formula is C24H27N5O. The summed E-state index contributed by atoms with van der Waals surface area (Å²) in [7, 11) is 0. The third kappa shape index (κ3) is 3.53. The van der Waals surface area contributed by atoms with Crippen LogP contribution in [-0.4, -0.2) is 52.7 Å². The molecule has 2 aromatic carbocycles. The molecule has 3 heterocycles. The molecule has 0 radical (unpaired) electrons. The van der Waals surface area contributed by atoms with Gasteiger partial charge in [-0.3, -0.25) is 19.6 Å². The molecule has 1 amide bonds. The molecule has 0 aliphatic carbocycles. The van der Waals surface area contributed by atoms with Crippen LogP contribution in [0.4, 0.5) is 0 Å². The van der Waals surface area contributed by atoms with E-state index in [4.69, 9.17) is 5.73 Å². The maximum Gasteiger partial charge on any atom is 0.259 e. The number of carbonyl (C=O) groups is 1. The van der Waals surface area contributed by atoms with Crippen molar-refractivity contribution in [3.05, 3.63) is 82.6 Å². The first kappa shape index (κ1) is 19.0. The van der Waals surface area contributed by atoms with Crippen LogP contribution in [0.1, 0.15) is 23.1 Å².